The number of rotatable bonds is 59. The summed E-state index contributed by atoms with van der Waals surface area (Å²) in [7, 11) is 0. The van der Waals surface area contributed by atoms with E-state index in [1.54, 1.807) is 0 Å². The summed E-state index contributed by atoms with van der Waals surface area (Å²) in [5.74, 6) is -0.891. The summed E-state index contributed by atoms with van der Waals surface area (Å²) in [6, 6.07) is 0. The van der Waals surface area contributed by atoms with Crippen molar-refractivity contribution < 1.29 is 28.6 Å². The van der Waals surface area contributed by atoms with Crippen LogP contribution in [0.4, 0.5) is 0 Å². The molecule has 0 rings (SSSR count). The molecule has 1 unspecified atom stereocenters. The Kier molecular flexibility index (Phi) is 61.8. The molecule has 0 aliphatic rings. The first-order valence-corrected chi connectivity index (χ1v) is 32.7. The first-order valence-electron chi connectivity index (χ1n) is 32.7. The Morgan fingerprint density at radius 3 is 0.805 bits per heavy atom. The number of unbranched alkanes of at least 4 members (excludes halogenated alkanes) is 32. The van der Waals surface area contributed by atoms with Crippen molar-refractivity contribution in [1.82, 2.24) is 0 Å². The third-order valence-electron chi connectivity index (χ3n) is 14.1. The van der Waals surface area contributed by atoms with Gasteiger partial charge in [0, 0.05) is 19.3 Å². The van der Waals surface area contributed by atoms with Crippen LogP contribution in [0.1, 0.15) is 316 Å². The Bertz CT molecular complexity index is 1510. The quantitative estimate of drug-likeness (QED) is 0.0261. The van der Waals surface area contributed by atoms with Gasteiger partial charge in [0.15, 0.2) is 6.10 Å². The highest BCUT2D eigenvalue weighted by Crippen LogP contribution is 2.17. The van der Waals surface area contributed by atoms with Crippen molar-refractivity contribution in [1.29, 1.82) is 0 Å². The lowest BCUT2D eigenvalue weighted by molar-refractivity contribution is -0.167. The summed E-state index contributed by atoms with van der Waals surface area (Å²) in [4.78, 5) is 38.2. The number of carbonyl (C=O) groups excluding carboxylic acids is 3. The fourth-order valence-corrected chi connectivity index (χ4v) is 9.20. The normalized spacial score (nSPS) is 12.7. The zero-order chi connectivity index (χ0) is 55.7. The molecule has 0 saturated heterocycles. The molecule has 0 saturated carbocycles. The second-order valence-corrected chi connectivity index (χ2v) is 21.6. The van der Waals surface area contributed by atoms with Crippen molar-refractivity contribution in [3.8, 4) is 0 Å². The largest absolute Gasteiger partial charge is 0.462 e. The molecule has 0 aliphatic carbocycles. The van der Waals surface area contributed by atoms with Gasteiger partial charge >= 0.3 is 17.9 Å². The Balaban J connectivity index is 4.16. The molecule has 0 fully saturated rings. The van der Waals surface area contributed by atoms with Gasteiger partial charge in [-0.15, -0.1) is 0 Å². The fourth-order valence-electron chi connectivity index (χ4n) is 9.20. The number of hydrogen-bond acceptors (Lipinski definition) is 6. The molecule has 0 amide bonds. The van der Waals surface area contributed by atoms with E-state index in [0.717, 1.165) is 116 Å². The Hall–Kier alpha value is -3.67. The van der Waals surface area contributed by atoms with Gasteiger partial charge in [-0.05, 0) is 109 Å². The van der Waals surface area contributed by atoms with Gasteiger partial charge in [-0.3, -0.25) is 14.4 Å². The highest BCUT2D eigenvalue weighted by Gasteiger charge is 2.19. The Morgan fingerprint density at radius 2 is 0.506 bits per heavy atom. The minimum atomic E-state index is -0.785. The van der Waals surface area contributed by atoms with Crippen molar-refractivity contribution in [2.75, 3.05) is 13.2 Å². The molecule has 1 atom stereocenters. The molecule has 77 heavy (non-hydrogen) atoms. The van der Waals surface area contributed by atoms with Crippen molar-refractivity contribution >= 4 is 17.9 Å². The standard InChI is InChI=1S/C71H122O6/c1-4-7-10-13-16-19-22-24-26-28-29-30-31-32-33-34-35-36-37-38-39-40-41-43-44-46-49-52-55-58-61-64-70(73)76-67-68(66-75-69(72)63-60-57-54-51-48-21-18-15-12-9-6-3)77-71(74)65-62-59-56-53-50-47-45-42-27-25-23-20-17-14-11-8-5-2/h7-8,10-11,15-20,24-27,29-30,68H,4-6,9,12-14,21-23,28,31-67H2,1-3H3/b10-7-,11-8-,18-15-,19-16-,20-17-,26-24-,27-25-,30-29-. The molecule has 6 nitrogen and oxygen atoms in total. The zero-order valence-corrected chi connectivity index (χ0v) is 50.7. The van der Waals surface area contributed by atoms with E-state index in [1.165, 1.54) is 161 Å². The lowest BCUT2D eigenvalue weighted by atomic mass is 10.0. The summed E-state index contributed by atoms with van der Waals surface area (Å²) in [5, 5.41) is 0. The van der Waals surface area contributed by atoms with E-state index in [9.17, 15) is 14.4 Å². The number of hydrogen-bond donors (Lipinski definition) is 0. The molecule has 0 aromatic heterocycles. The summed E-state index contributed by atoms with van der Waals surface area (Å²) >= 11 is 0. The highest BCUT2D eigenvalue weighted by molar-refractivity contribution is 5.71. The average molecular weight is 1070 g/mol. The lowest BCUT2D eigenvalue weighted by Crippen LogP contribution is -2.30. The van der Waals surface area contributed by atoms with Gasteiger partial charge in [-0.25, -0.2) is 0 Å². The van der Waals surface area contributed by atoms with E-state index in [-0.39, 0.29) is 31.1 Å². The molecular weight excluding hydrogens is 949 g/mol. The van der Waals surface area contributed by atoms with E-state index in [4.69, 9.17) is 14.2 Å². The molecule has 0 spiro atoms. The summed E-state index contributed by atoms with van der Waals surface area (Å²) < 4.78 is 16.9. The monoisotopic (exact) mass is 1070 g/mol. The van der Waals surface area contributed by atoms with E-state index in [2.05, 4.69) is 118 Å². The first-order chi connectivity index (χ1) is 38.0. The maximum atomic E-state index is 12.9. The molecule has 0 aromatic rings. The van der Waals surface area contributed by atoms with Crippen molar-refractivity contribution in [2.45, 2.75) is 322 Å². The van der Waals surface area contributed by atoms with Gasteiger partial charge in [-0.1, -0.05) is 285 Å². The number of allylic oxidation sites excluding steroid dienone is 16. The van der Waals surface area contributed by atoms with Crippen molar-refractivity contribution in [3.63, 3.8) is 0 Å². The van der Waals surface area contributed by atoms with Gasteiger partial charge in [0.2, 0.25) is 0 Å². The van der Waals surface area contributed by atoms with E-state index >= 15 is 0 Å². The molecule has 0 bridgehead atoms. The summed E-state index contributed by atoms with van der Waals surface area (Å²) in [6.45, 7) is 6.39. The second-order valence-electron chi connectivity index (χ2n) is 21.6. The van der Waals surface area contributed by atoms with Crippen LogP contribution in [-0.4, -0.2) is 37.2 Å². The van der Waals surface area contributed by atoms with Crippen LogP contribution in [0.2, 0.25) is 0 Å². The van der Waals surface area contributed by atoms with Gasteiger partial charge in [0.05, 0.1) is 0 Å². The van der Waals surface area contributed by atoms with Crippen molar-refractivity contribution in [2.24, 2.45) is 0 Å². The maximum Gasteiger partial charge on any atom is 0.306 e. The van der Waals surface area contributed by atoms with Crippen LogP contribution in [0.5, 0.6) is 0 Å². The van der Waals surface area contributed by atoms with Crippen LogP contribution in [-0.2, 0) is 28.6 Å². The van der Waals surface area contributed by atoms with Crippen LogP contribution in [0.3, 0.4) is 0 Å². The maximum absolute atomic E-state index is 12.9. The lowest BCUT2D eigenvalue weighted by Gasteiger charge is -2.18. The minimum Gasteiger partial charge on any atom is -0.462 e. The van der Waals surface area contributed by atoms with Gasteiger partial charge < -0.3 is 14.2 Å². The van der Waals surface area contributed by atoms with Crippen molar-refractivity contribution in [3.05, 3.63) is 97.2 Å². The highest BCUT2D eigenvalue weighted by atomic mass is 16.6. The zero-order valence-electron chi connectivity index (χ0n) is 50.7. The summed E-state index contributed by atoms with van der Waals surface area (Å²) in [5.41, 5.74) is 0. The third-order valence-corrected chi connectivity index (χ3v) is 14.1. The smallest absolute Gasteiger partial charge is 0.306 e. The first kappa shape index (κ1) is 73.3. The molecule has 442 valence electrons. The van der Waals surface area contributed by atoms with Crippen LogP contribution < -0.4 is 0 Å². The SMILES string of the molecule is CC/C=C\C/C=C\C/C=C\C/C=C\CCCCCCCCCCCCCCCCCCCCC(=O)OCC(COC(=O)CCCCCCC/C=C\CCCC)OC(=O)CCCCCCCCC/C=C\C/C=C\C/C=C\CC. The second kappa shape index (κ2) is 64.9. The number of ether oxygens (including phenoxy) is 3. The Morgan fingerprint density at radius 1 is 0.273 bits per heavy atom. The van der Waals surface area contributed by atoms with Gasteiger partial charge in [0.1, 0.15) is 13.2 Å². The Labute approximate surface area is 477 Å². The van der Waals surface area contributed by atoms with E-state index in [1.807, 2.05) is 0 Å². The van der Waals surface area contributed by atoms with Crippen LogP contribution >= 0.6 is 0 Å². The predicted octanol–water partition coefficient (Wildman–Crippen LogP) is 22.4. The molecule has 6 heteroatoms. The summed E-state index contributed by atoms with van der Waals surface area (Å²) in [6.07, 6.45) is 87.2. The number of esters is 3. The topological polar surface area (TPSA) is 78.9 Å². The van der Waals surface area contributed by atoms with E-state index in [0.29, 0.717) is 19.3 Å². The predicted molar refractivity (Wildman–Crippen MR) is 334 cm³/mol. The number of carbonyl (C=O) groups is 3. The fraction of sp³-hybridized carbons (Fsp3) is 0.732. The van der Waals surface area contributed by atoms with Gasteiger partial charge in [0.25, 0.3) is 0 Å². The van der Waals surface area contributed by atoms with Gasteiger partial charge in [-0.2, -0.15) is 0 Å². The molecule has 0 heterocycles. The molecule has 0 radical (unpaired) electrons. The minimum absolute atomic E-state index is 0.0815. The molecule has 0 N–H and O–H groups in total. The van der Waals surface area contributed by atoms with Crippen LogP contribution in [0.15, 0.2) is 97.2 Å². The third kappa shape index (κ3) is 63.0. The molecule has 0 aromatic carbocycles. The van der Waals surface area contributed by atoms with Crippen LogP contribution in [0, 0.1) is 0 Å². The van der Waals surface area contributed by atoms with E-state index < -0.39 is 6.10 Å². The molecular formula is C71H122O6. The van der Waals surface area contributed by atoms with Crippen LogP contribution in [0.25, 0.3) is 0 Å². The molecule has 0 aliphatic heterocycles. The average Bonchev–Trinajstić information content (AvgIpc) is 3.43.